The van der Waals surface area contributed by atoms with Gasteiger partial charge in [-0.25, -0.2) is 9.37 Å². The van der Waals surface area contributed by atoms with Gasteiger partial charge in [0.2, 0.25) is 0 Å². The Balaban J connectivity index is 1.51. The minimum absolute atomic E-state index is 0.0354. The number of benzene rings is 2. The highest BCUT2D eigenvalue weighted by Gasteiger charge is 2.21. The van der Waals surface area contributed by atoms with Crippen LogP contribution in [0, 0.1) is 5.82 Å². The van der Waals surface area contributed by atoms with Crippen molar-refractivity contribution in [2.75, 3.05) is 20.1 Å². The number of amides is 1. The van der Waals surface area contributed by atoms with Crippen molar-refractivity contribution in [1.82, 2.24) is 10.3 Å². The SMILES string of the molecule is C[C@H](c1nc2ccccc2s1)[NH+](C)CC(=O)NCCc1ccccc1F. The maximum atomic E-state index is 13.6. The van der Waals surface area contributed by atoms with Crippen molar-refractivity contribution in [3.63, 3.8) is 0 Å². The van der Waals surface area contributed by atoms with Gasteiger partial charge in [0.05, 0.1) is 17.3 Å². The highest BCUT2D eigenvalue weighted by atomic mass is 32.1. The molecule has 0 aliphatic rings. The fourth-order valence-electron chi connectivity index (χ4n) is 2.79. The van der Waals surface area contributed by atoms with E-state index in [9.17, 15) is 9.18 Å². The number of hydrogen-bond acceptors (Lipinski definition) is 3. The fraction of sp³-hybridized carbons (Fsp3) is 0.300. The zero-order chi connectivity index (χ0) is 18.5. The lowest BCUT2D eigenvalue weighted by Crippen LogP contribution is -3.10. The normalized spacial score (nSPS) is 13.5. The predicted octanol–water partition coefficient (Wildman–Crippen LogP) is 2.37. The molecule has 0 saturated heterocycles. The van der Waals surface area contributed by atoms with E-state index in [-0.39, 0.29) is 17.8 Å². The molecule has 2 N–H and O–H groups in total. The molecule has 4 nitrogen and oxygen atoms in total. The molecule has 0 fully saturated rings. The van der Waals surface area contributed by atoms with Crippen LogP contribution < -0.4 is 10.2 Å². The largest absolute Gasteiger partial charge is 0.351 e. The first kappa shape index (κ1) is 18.5. The number of hydrogen-bond donors (Lipinski definition) is 2. The third-order valence-corrected chi connectivity index (χ3v) is 5.75. The van der Waals surface area contributed by atoms with Crippen molar-refractivity contribution in [3.05, 3.63) is 64.9 Å². The molecule has 3 rings (SSSR count). The van der Waals surface area contributed by atoms with Gasteiger partial charge in [0.15, 0.2) is 11.6 Å². The first-order valence-electron chi connectivity index (χ1n) is 8.72. The molecule has 0 bridgehead atoms. The predicted molar refractivity (Wildman–Crippen MR) is 103 cm³/mol. The van der Waals surface area contributed by atoms with E-state index < -0.39 is 0 Å². The van der Waals surface area contributed by atoms with Gasteiger partial charge in [-0.05, 0) is 37.1 Å². The van der Waals surface area contributed by atoms with Crippen LogP contribution in [0.15, 0.2) is 48.5 Å². The zero-order valence-electron chi connectivity index (χ0n) is 15.0. The molecule has 0 saturated carbocycles. The Kier molecular flexibility index (Phi) is 5.96. The molecular weight excluding hydrogens is 349 g/mol. The van der Waals surface area contributed by atoms with E-state index >= 15 is 0 Å². The average Bonchev–Trinajstić information content (AvgIpc) is 3.06. The summed E-state index contributed by atoms with van der Waals surface area (Å²) in [6.07, 6.45) is 0.491. The number of fused-ring (bicyclic) bond motifs is 1. The van der Waals surface area contributed by atoms with Crippen molar-refractivity contribution < 1.29 is 14.1 Å². The maximum absolute atomic E-state index is 13.6. The summed E-state index contributed by atoms with van der Waals surface area (Å²) in [4.78, 5) is 17.9. The second-order valence-corrected chi connectivity index (χ2v) is 7.52. The number of carbonyl (C=O) groups excluding carboxylic acids is 1. The molecule has 1 unspecified atom stereocenters. The molecule has 1 amide bonds. The first-order valence-corrected chi connectivity index (χ1v) is 9.54. The number of quaternary nitrogens is 1. The number of likely N-dealkylation sites (N-methyl/N-ethyl adjacent to an activating group) is 1. The molecule has 0 radical (unpaired) electrons. The molecule has 1 aromatic heterocycles. The summed E-state index contributed by atoms with van der Waals surface area (Å²) >= 11 is 1.67. The van der Waals surface area contributed by atoms with E-state index in [1.807, 2.05) is 25.2 Å². The summed E-state index contributed by atoms with van der Waals surface area (Å²) < 4.78 is 14.7. The van der Waals surface area contributed by atoms with Crippen molar-refractivity contribution in [3.8, 4) is 0 Å². The molecular formula is C20H23FN3OS+. The van der Waals surface area contributed by atoms with Gasteiger partial charge in [-0.3, -0.25) is 4.79 Å². The van der Waals surface area contributed by atoms with E-state index in [1.54, 1.807) is 29.5 Å². The van der Waals surface area contributed by atoms with Crippen LogP contribution in [0.1, 0.15) is 23.5 Å². The average molecular weight is 372 g/mol. The number of rotatable bonds is 7. The van der Waals surface area contributed by atoms with Crippen molar-refractivity contribution in [2.45, 2.75) is 19.4 Å². The highest BCUT2D eigenvalue weighted by molar-refractivity contribution is 7.18. The topological polar surface area (TPSA) is 46.4 Å². The zero-order valence-corrected chi connectivity index (χ0v) is 15.8. The van der Waals surface area contributed by atoms with Gasteiger partial charge < -0.3 is 10.2 Å². The van der Waals surface area contributed by atoms with Crippen LogP contribution >= 0.6 is 11.3 Å². The molecule has 1 heterocycles. The Morgan fingerprint density at radius 2 is 1.96 bits per heavy atom. The first-order chi connectivity index (χ1) is 12.5. The monoisotopic (exact) mass is 372 g/mol. The van der Waals surface area contributed by atoms with Gasteiger partial charge in [0, 0.05) is 6.54 Å². The Morgan fingerprint density at radius 1 is 1.23 bits per heavy atom. The molecule has 0 aliphatic heterocycles. The number of nitrogens with one attached hydrogen (secondary N) is 2. The number of halogens is 1. The molecule has 26 heavy (non-hydrogen) atoms. The minimum Gasteiger partial charge on any atom is -0.351 e. The van der Waals surface area contributed by atoms with E-state index in [0.29, 0.717) is 25.1 Å². The summed E-state index contributed by atoms with van der Waals surface area (Å²) in [5, 5.41) is 3.91. The van der Waals surface area contributed by atoms with Gasteiger partial charge in [0.25, 0.3) is 5.91 Å². The summed E-state index contributed by atoms with van der Waals surface area (Å²) in [5.41, 5.74) is 1.62. The van der Waals surface area contributed by atoms with Gasteiger partial charge in [-0.15, -0.1) is 11.3 Å². The second-order valence-electron chi connectivity index (χ2n) is 6.46. The summed E-state index contributed by atoms with van der Waals surface area (Å²) in [6.45, 7) is 2.87. The van der Waals surface area contributed by atoms with Crippen LogP contribution in [0.25, 0.3) is 10.2 Å². The lowest BCUT2D eigenvalue weighted by atomic mass is 10.1. The Hall–Kier alpha value is -2.31. The minimum atomic E-state index is -0.228. The van der Waals surface area contributed by atoms with Crippen molar-refractivity contribution >= 4 is 27.5 Å². The van der Waals surface area contributed by atoms with Crippen LogP contribution in [0.5, 0.6) is 0 Å². The lowest BCUT2D eigenvalue weighted by molar-refractivity contribution is -0.902. The maximum Gasteiger partial charge on any atom is 0.275 e. The number of para-hydroxylation sites is 1. The van der Waals surface area contributed by atoms with E-state index in [0.717, 1.165) is 20.1 Å². The van der Waals surface area contributed by atoms with Crippen LogP contribution in [-0.2, 0) is 11.2 Å². The number of thiazole rings is 1. The third kappa shape index (κ3) is 4.45. The van der Waals surface area contributed by atoms with Crippen molar-refractivity contribution in [1.29, 1.82) is 0 Å². The van der Waals surface area contributed by atoms with Crippen LogP contribution in [0.4, 0.5) is 4.39 Å². The van der Waals surface area contributed by atoms with Crippen LogP contribution in [-0.4, -0.2) is 31.0 Å². The van der Waals surface area contributed by atoms with Gasteiger partial charge in [0.1, 0.15) is 11.9 Å². The summed E-state index contributed by atoms with van der Waals surface area (Å²) in [6, 6.07) is 14.8. The van der Waals surface area contributed by atoms with Gasteiger partial charge in [-0.2, -0.15) is 0 Å². The number of nitrogens with zero attached hydrogens (tertiary/aromatic N) is 1. The molecule has 136 valence electrons. The molecule has 2 aromatic carbocycles. The van der Waals surface area contributed by atoms with Gasteiger partial charge in [-0.1, -0.05) is 30.3 Å². The molecule has 2 atom stereocenters. The molecule has 6 heteroatoms. The van der Waals surface area contributed by atoms with Gasteiger partial charge >= 0.3 is 0 Å². The second kappa shape index (κ2) is 8.38. The fourth-order valence-corrected chi connectivity index (χ4v) is 3.90. The molecule has 0 aliphatic carbocycles. The van der Waals surface area contributed by atoms with Crippen LogP contribution in [0.2, 0.25) is 0 Å². The summed E-state index contributed by atoms with van der Waals surface area (Å²) in [7, 11) is 1.99. The third-order valence-electron chi connectivity index (χ3n) is 4.53. The molecule has 0 spiro atoms. The lowest BCUT2D eigenvalue weighted by Gasteiger charge is -2.19. The quantitative estimate of drug-likeness (QED) is 0.669. The Bertz CT molecular complexity index is 862. The number of carbonyl (C=O) groups is 1. The van der Waals surface area contributed by atoms with Crippen LogP contribution in [0.3, 0.4) is 0 Å². The Morgan fingerprint density at radius 3 is 2.73 bits per heavy atom. The summed E-state index contributed by atoms with van der Waals surface area (Å²) in [5.74, 6) is -0.263. The Labute approximate surface area is 156 Å². The van der Waals surface area contributed by atoms with E-state index in [4.69, 9.17) is 0 Å². The van der Waals surface area contributed by atoms with E-state index in [1.165, 1.54) is 6.07 Å². The highest BCUT2D eigenvalue weighted by Crippen LogP contribution is 2.24. The smallest absolute Gasteiger partial charge is 0.275 e. The standard InChI is InChI=1S/C20H22FN3OS/c1-14(20-23-17-9-5-6-10-18(17)26-20)24(2)13-19(25)22-12-11-15-7-3-4-8-16(15)21/h3-10,14H,11-13H2,1-2H3,(H,22,25)/p+1/t14-/m1/s1. The van der Waals surface area contributed by atoms with Crippen molar-refractivity contribution in [2.24, 2.45) is 0 Å². The number of aromatic nitrogens is 1. The van der Waals surface area contributed by atoms with E-state index in [2.05, 4.69) is 23.3 Å². The molecule has 3 aromatic rings.